The molecule has 1 heterocycles. The number of ketones is 1. The Morgan fingerprint density at radius 1 is 0.950 bits per heavy atom. The van der Waals surface area contributed by atoms with Crippen molar-refractivity contribution in [1.29, 1.82) is 0 Å². The Morgan fingerprint density at radius 3 is 2.30 bits per heavy atom. The summed E-state index contributed by atoms with van der Waals surface area (Å²) in [6, 6.07) is 19.0. The number of carbonyl (C=O) groups is 1. The van der Waals surface area contributed by atoms with Crippen molar-refractivity contribution in [2.24, 2.45) is 0 Å². The van der Waals surface area contributed by atoms with Crippen molar-refractivity contribution in [2.45, 2.75) is 6.54 Å². The van der Waals surface area contributed by atoms with Gasteiger partial charge in [0.25, 0.3) is 0 Å². The van der Waals surface area contributed by atoms with Crippen LogP contribution in [0.15, 0.2) is 66.9 Å². The SMILES string of the molecule is O=C(Cn1nncc1-c1ccccc1)c1ccccc1. The number of nitrogens with zero attached hydrogens (tertiary/aromatic N) is 3. The Kier molecular flexibility index (Phi) is 3.37. The Bertz CT molecular complexity index is 705. The third-order valence-electron chi connectivity index (χ3n) is 3.08. The third kappa shape index (κ3) is 2.49. The predicted octanol–water partition coefficient (Wildman–Crippen LogP) is 2.83. The van der Waals surface area contributed by atoms with E-state index in [0.717, 1.165) is 11.3 Å². The van der Waals surface area contributed by atoms with Gasteiger partial charge >= 0.3 is 0 Å². The van der Waals surface area contributed by atoms with Crippen LogP contribution >= 0.6 is 0 Å². The zero-order chi connectivity index (χ0) is 13.8. The molecule has 0 saturated carbocycles. The summed E-state index contributed by atoms with van der Waals surface area (Å²) in [5.74, 6) is 0.0216. The molecule has 0 atom stereocenters. The van der Waals surface area contributed by atoms with Crippen molar-refractivity contribution in [3.63, 3.8) is 0 Å². The van der Waals surface area contributed by atoms with Crippen molar-refractivity contribution >= 4 is 5.78 Å². The molecule has 0 amide bonds. The highest BCUT2D eigenvalue weighted by Crippen LogP contribution is 2.17. The number of Topliss-reactive ketones (excluding diaryl/α,β-unsaturated/α-hetero) is 1. The topological polar surface area (TPSA) is 47.8 Å². The highest BCUT2D eigenvalue weighted by atomic mass is 16.1. The fourth-order valence-electron chi connectivity index (χ4n) is 2.06. The van der Waals surface area contributed by atoms with E-state index < -0.39 is 0 Å². The predicted molar refractivity (Wildman–Crippen MR) is 76.2 cm³/mol. The van der Waals surface area contributed by atoms with Crippen molar-refractivity contribution < 1.29 is 4.79 Å². The lowest BCUT2D eigenvalue weighted by Crippen LogP contribution is -2.12. The molecular weight excluding hydrogens is 250 g/mol. The fraction of sp³-hybridized carbons (Fsp3) is 0.0625. The third-order valence-corrected chi connectivity index (χ3v) is 3.08. The Morgan fingerprint density at radius 2 is 1.60 bits per heavy atom. The monoisotopic (exact) mass is 263 g/mol. The summed E-state index contributed by atoms with van der Waals surface area (Å²) in [6.45, 7) is 0.189. The van der Waals surface area contributed by atoms with Crippen molar-refractivity contribution in [3.8, 4) is 11.3 Å². The molecule has 2 aromatic carbocycles. The minimum atomic E-state index is 0.0216. The fourth-order valence-corrected chi connectivity index (χ4v) is 2.06. The normalized spacial score (nSPS) is 10.4. The van der Waals surface area contributed by atoms with Crippen molar-refractivity contribution in [1.82, 2.24) is 15.0 Å². The molecule has 0 saturated heterocycles. The lowest BCUT2D eigenvalue weighted by Gasteiger charge is -2.05. The minimum Gasteiger partial charge on any atom is -0.292 e. The van der Waals surface area contributed by atoms with Gasteiger partial charge in [0.2, 0.25) is 0 Å². The zero-order valence-corrected chi connectivity index (χ0v) is 10.8. The van der Waals surface area contributed by atoms with Gasteiger partial charge in [-0.2, -0.15) is 0 Å². The summed E-state index contributed by atoms with van der Waals surface area (Å²) in [4.78, 5) is 12.2. The molecule has 0 aliphatic heterocycles. The van der Waals surface area contributed by atoms with Crippen LogP contribution in [0.3, 0.4) is 0 Å². The van der Waals surface area contributed by atoms with Gasteiger partial charge in [0.1, 0.15) is 6.54 Å². The van der Waals surface area contributed by atoms with E-state index in [2.05, 4.69) is 10.3 Å². The van der Waals surface area contributed by atoms with Crippen LogP contribution in [0.4, 0.5) is 0 Å². The summed E-state index contributed by atoms with van der Waals surface area (Å²) >= 11 is 0. The molecule has 0 aliphatic rings. The summed E-state index contributed by atoms with van der Waals surface area (Å²) in [6.07, 6.45) is 1.67. The van der Waals surface area contributed by atoms with Gasteiger partial charge in [0.05, 0.1) is 11.9 Å². The maximum atomic E-state index is 12.2. The van der Waals surface area contributed by atoms with E-state index in [0.29, 0.717) is 5.56 Å². The summed E-state index contributed by atoms with van der Waals surface area (Å²) in [5, 5.41) is 7.91. The van der Waals surface area contributed by atoms with Gasteiger partial charge in [-0.3, -0.25) is 4.79 Å². The second-order valence-electron chi connectivity index (χ2n) is 4.43. The first-order valence-corrected chi connectivity index (χ1v) is 6.37. The van der Waals surface area contributed by atoms with Gasteiger partial charge in [0.15, 0.2) is 5.78 Å². The number of carbonyl (C=O) groups excluding carboxylic acids is 1. The van der Waals surface area contributed by atoms with Crippen LogP contribution in [0.1, 0.15) is 10.4 Å². The van der Waals surface area contributed by atoms with E-state index in [1.54, 1.807) is 23.0 Å². The highest BCUT2D eigenvalue weighted by molar-refractivity contribution is 5.96. The van der Waals surface area contributed by atoms with Crippen LogP contribution in [-0.2, 0) is 6.54 Å². The van der Waals surface area contributed by atoms with Crippen molar-refractivity contribution in [2.75, 3.05) is 0 Å². The van der Waals surface area contributed by atoms with E-state index >= 15 is 0 Å². The number of rotatable bonds is 4. The minimum absolute atomic E-state index is 0.0216. The van der Waals surface area contributed by atoms with Crippen molar-refractivity contribution in [3.05, 3.63) is 72.4 Å². The maximum absolute atomic E-state index is 12.2. The van der Waals surface area contributed by atoms with E-state index in [9.17, 15) is 4.79 Å². The van der Waals surface area contributed by atoms with Crippen LogP contribution in [-0.4, -0.2) is 20.8 Å². The van der Waals surface area contributed by atoms with Crippen LogP contribution in [0, 0.1) is 0 Å². The lowest BCUT2D eigenvalue weighted by atomic mass is 10.1. The van der Waals surface area contributed by atoms with E-state index in [1.807, 2.05) is 48.5 Å². The summed E-state index contributed by atoms with van der Waals surface area (Å²) in [7, 11) is 0. The van der Waals surface area contributed by atoms with Crippen LogP contribution in [0.25, 0.3) is 11.3 Å². The second-order valence-corrected chi connectivity index (χ2v) is 4.43. The number of hydrogen-bond donors (Lipinski definition) is 0. The molecule has 0 aliphatic carbocycles. The van der Waals surface area contributed by atoms with Gasteiger partial charge in [0, 0.05) is 11.1 Å². The first kappa shape index (κ1) is 12.3. The van der Waals surface area contributed by atoms with E-state index in [1.165, 1.54) is 0 Å². The average molecular weight is 263 g/mol. The molecule has 20 heavy (non-hydrogen) atoms. The van der Waals surface area contributed by atoms with Gasteiger partial charge in [-0.05, 0) is 0 Å². The number of hydrogen-bond acceptors (Lipinski definition) is 3. The largest absolute Gasteiger partial charge is 0.292 e. The second kappa shape index (κ2) is 5.48. The molecule has 0 spiro atoms. The van der Waals surface area contributed by atoms with Crippen LogP contribution in [0.5, 0.6) is 0 Å². The molecule has 4 nitrogen and oxygen atoms in total. The van der Waals surface area contributed by atoms with Crippen LogP contribution < -0.4 is 0 Å². The standard InChI is InChI=1S/C16H13N3O/c20-16(14-9-5-2-6-10-14)12-19-15(11-17-18-19)13-7-3-1-4-8-13/h1-11H,12H2. The zero-order valence-electron chi connectivity index (χ0n) is 10.8. The number of benzene rings is 2. The summed E-state index contributed by atoms with van der Waals surface area (Å²) in [5.41, 5.74) is 2.52. The molecular formula is C16H13N3O. The van der Waals surface area contributed by atoms with E-state index in [4.69, 9.17) is 0 Å². The molecule has 98 valence electrons. The van der Waals surface area contributed by atoms with Gasteiger partial charge in [-0.15, -0.1) is 5.10 Å². The highest BCUT2D eigenvalue weighted by Gasteiger charge is 2.11. The Balaban J connectivity index is 1.86. The molecule has 0 unspecified atom stereocenters. The number of aromatic nitrogens is 3. The quantitative estimate of drug-likeness (QED) is 0.680. The van der Waals surface area contributed by atoms with Gasteiger partial charge in [-0.25, -0.2) is 4.68 Å². The molecule has 0 N–H and O–H groups in total. The van der Waals surface area contributed by atoms with E-state index in [-0.39, 0.29) is 12.3 Å². The maximum Gasteiger partial charge on any atom is 0.184 e. The smallest absolute Gasteiger partial charge is 0.184 e. The molecule has 4 heteroatoms. The first-order chi connectivity index (χ1) is 9.84. The molecule has 0 bridgehead atoms. The molecule has 3 rings (SSSR count). The molecule has 0 fully saturated rings. The molecule has 3 aromatic rings. The molecule has 0 radical (unpaired) electrons. The molecule has 1 aromatic heterocycles. The average Bonchev–Trinajstić information content (AvgIpc) is 2.97. The van der Waals surface area contributed by atoms with Gasteiger partial charge in [-0.1, -0.05) is 65.9 Å². The Labute approximate surface area is 116 Å². The first-order valence-electron chi connectivity index (χ1n) is 6.37. The Hall–Kier alpha value is -2.75. The lowest BCUT2D eigenvalue weighted by molar-refractivity contribution is 0.0967. The summed E-state index contributed by atoms with van der Waals surface area (Å²) < 4.78 is 1.63. The van der Waals surface area contributed by atoms with Gasteiger partial charge < -0.3 is 0 Å². The van der Waals surface area contributed by atoms with Crippen LogP contribution in [0.2, 0.25) is 0 Å².